The monoisotopic (exact) mass is 184 g/mol. The predicted molar refractivity (Wildman–Crippen MR) is 45.7 cm³/mol. The summed E-state index contributed by atoms with van der Waals surface area (Å²) in [6.07, 6.45) is 1.66. The summed E-state index contributed by atoms with van der Waals surface area (Å²) in [5.41, 5.74) is 5.06. The van der Waals surface area contributed by atoms with E-state index in [0.29, 0.717) is 0 Å². The molecule has 5 heteroatoms. The third kappa shape index (κ3) is 2.06. The number of hydrogen-bond donors (Lipinski definition) is 3. The number of nitrogens with one attached hydrogen (secondary N) is 1. The Kier molecular flexibility index (Phi) is 2.38. The summed E-state index contributed by atoms with van der Waals surface area (Å²) < 4.78 is 0. The van der Waals surface area contributed by atoms with E-state index in [1.54, 1.807) is 13.0 Å². The Balaban J connectivity index is 2.80. The van der Waals surface area contributed by atoms with Crippen LogP contribution in [-0.2, 0) is 9.59 Å². The molecule has 1 heterocycles. The van der Waals surface area contributed by atoms with Crippen LogP contribution in [0.5, 0.6) is 0 Å². The van der Waals surface area contributed by atoms with E-state index in [-0.39, 0.29) is 12.8 Å². The number of carbonyl (C=O) groups excluding carboxylic acids is 1. The van der Waals surface area contributed by atoms with Gasteiger partial charge in [0, 0.05) is 5.70 Å². The Bertz CT molecular complexity index is 285. The second-order valence-corrected chi connectivity index (χ2v) is 3.27. The fourth-order valence-electron chi connectivity index (χ4n) is 1.20. The van der Waals surface area contributed by atoms with E-state index in [1.807, 2.05) is 0 Å². The summed E-state index contributed by atoms with van der Waals surface area (Å²) in [6, 6.07) is 0. The maximum Gasteiger partial charge on any atom is 0.305 e. The maximum atomic E-state index is 11.3. The molecule has 0 radical (unpaired) electrons. The molecule has 1 amide bonds. The SMILES string of the molecule is CC1=CCC(N)(CC(=O)O)C(=O)N1. The first-order valence-corrected chi connectivity index (χ1v) is 3.93. The minimum absolute atomic E-state index is 0.275. The van der Waals surface area contributed by atoms with Crippen LogP contribution < -0.4 is 11.1 Å². The van der Waals surface area contributed by atoms with Gasteiger partial charge in [0.25, 0.3) is 0 Å². The summed E-state index contributed by atoms with van der Waals surface area (Å²) in [4.78, 5) is 21.7. The number of aliphatic carboxylic acids is 1. The van der Waals surface area contributed by atoms with E-state index in [9.17, 15) is 9.59 Å². The molecule has 0 saturated heterocycles. The van der Waals surface area contributed by atoms with E-state index >= 15 is 0 Å². The molecular formula is C8H12N2O3. The topological polar surface area (TPSA) is 92.4 Å². The summed E-state index contributed by atoms with van der Waals surface area (Å²) in [5.74, 6) is -1.49. The molecule has 13 heavy (non-hydrogen) atoms. The smallest absolute Gasteiger partial charge is 0.305 e. The van der Waals surface area contributed by atoms with E-state index < -0.39 is 17.4 Å². The van der Waals surface area contributed by atoms with Crippen molar-refractivity contribution in [3.63, 3.8) is 0 Å². The van der Waals surface area contributed by atoms with E-state index in [2.05, 4.69) is 5.32 Å². The van der Waals surface area contributed by atoms with Gasteiger partial charge in [-0.1, -0.05) is 6.08 Å². The zero-order valence-corrected chi connectivity index (χ0v) is 7.33. The quantitative estimate of drug-likeness (QED) is 0.543. The Morgan fingerprint density at radius 2 is 2.46 bits per heavy atom. The standard InChI is InChI=1S/C8H12N2O3/c1-5-2-3-8(9,4-6(11)12)7(13)10-5/h2H,3-4,9H2,1H3,(H,10,13)(H,11,12). The normalized spacial score (nSPS) is 27.8. The highest BCUT2D eigenvalue weighted by Gasteiger charge is 2.37. The minimum Gasteiger partial charge on any atom is -0.481 e. The minimum atomic E-state index is -1.29. The van der Waals surface area contributed by atoms with Crippen molar-refractivity contribution in [1.29, 1.82) is 0 Å². The van der Waals surface area contributed by atoms with Crippen molar-refractivity contribution in [1.82, 2.24) is 5.32 Å². The van der Waals surface area contributed by atoms with E-state index in [4.69, 9.17) is 10.8 Å². The molecule has 0 spiro atoms. The van der Waals surface area contributed by atoms with E-state index in [0.717, 1.165) is 5.70 Å². The highest BCUT2D eigenvalue weighted by Crippen LogP contribution is 2.18. The predicted octanol–water partition coefficient (Wildman–Crippen LogP) is -0.418. The van der Waals surface area contributed by atoms with Gasteiger partial charge in [0.05, 0.1) is 6.42 Å². The molecule has 1 atom stereocenters. The maximum absolute atomic E-state index is 11.3. The van der Waals surface area contributed by atoms with Gasteiger partial charge in [0.1, 0.15) is 5.54 Å². The molecule has 0 fully saturated rings. The van der Waals surface area contributed by atoms with Crippen molar-refractivity contribution in [2.75, 3.05) is 0 Å². The second-order valence-electron chi connectivity index (χ2n) is 3.27. The zero-order chi connectivity index (χ0) is 10.1. The largest absolute Gasteiger partial charge is 0.481 e. The third-order valence-corrected chi connectivity index (χ3v) is 2.00. The number of allylic oxidation sites excluding steroid dienone is 1. The summed E-state index contributed by atoms with van der Waals surface area (Å²) in [6.45, 7) is 1.73. The van der Waals surface area contributed by atoms with Gasteiger partial charge < -0.3 is 16.2 Å². The van der Waals surface area contributed by atoms with Gasteiger partial charge in [-0.3, -0.25) is 9.59 Å². The third-order valence-electron chi connectivity index (χ3n) is 2.00. The molecule has 0 aromatic heterocycles. The zero-order valence-electron chi connectivity index (χ0n) is 7.33. The first-order valence-electron chi connectivity index (χ1n) is 3.93. The number of amides is 1. The van der Waals surface area contributed by atoms with Crippen LogP contribution in [0, 0.1) is 0 Å². The second kappa shape index (κ2) is 3.18. The number of carboxylic acid groups (broad SMARTS) is 1. The molecule has 0 saturated carbocycles. The molecule has 1 aliphatic heterocycles. The molecule has 5 nitrogen and oxygen atoms in total. The van der Waals surface area contributed by atoms with Crippen molar-refractivity contribution >= 4 is 11.9 Å². The lowest BCUT2D eigenvalue weighted by molar-refractivity contribution is -0.142. The van der Waals surface area contributed by atoms with Crippen LogP contribution in [0.3, 0.4) is 0 Å². The van der Waals surface area contributed by atoms with Crippen LogP contribution >= 0.6 is 0 Å². The highest BCUT2D eigenvalue weighted by molar-refractivity contribution is 5.92. The van der Waals surface area contributed by atoms with Crippen molar-refractivity contribution in [2.24, 2.45) is 5.73 Å². The van der Waals surface area contributed by atoms with Gasteiger partial charge >= 0.3 is 5.97 Å². The number of hydrogen-bond acceptors (Lipinski definition) is 3. The molecule has 1 rings (SSSR count). The Hall–Kier alpha value is -1.36. The van der Waals surface area contributed by atoms with Crippen molar-refractivity contribution in [3.05, 3.63) is 11.8 Å². The molecule has 0 bridgehead atoms. The number of nitrogens with two attached hydrogens (primary N) is 1. The highest BCUT2D eigenvalue weighted by atomic mass is 16.4. The van der Waals surface area contributed by atoms with Crippen molar-refractivity contribution in [2.45, 2.75) is 25.3 Å². The van der Waals surface area contributed by atoms with Crippen LogP contribution in [0.15, 0.2) is 11.8 Å². The van der Waals surface area contributed by atoms with Gasteiger partial charge in [0.15, 0.2) is 0 Å². The van der Waals surface area contributed by atoms with Gasteiger partial charge in [-0.2, -0.15) is 0 Å². The van der Waals surface area contributed by atoms with Gasteiger partial charge in [0.2, 0.25) is 5.91 Å². The van der Waals surface area contributed by atoms with E-state index in [1.165, 1.54) is 0 Å². The lowest BCUT2D eigenvalue weighted by atomic mass is 9.88. The first-order chi connectivity index (χ1) is 5.94. The van der Waals surface area contributed by atoms with Gasteiger partial charge in [-0.05, 0) is 13.3 Å². The Morgan fingerprint density at radius 1 is 1.85 bits per heavy atom. The van der Waals surface area contributed by atoms with Crippen molar-refractivity contribution in [3.8, 4) is 0 Å². The average Bonchev–Trinajstić information content (AvgIpc) is 1.97. The van der Waals surface area contributed by atoms with Crippen LogP contribution in [0.1, 0.15) is 19.8 Å². The molecule has 4 N–H and O–H groups in total. The lowest BCUT2D eigenvalue weighted by Crippen LogP contribution is -2.56. The molecule has 1 aliphatic rings. The number of carbonyl (C=O) groups is 2. The molecule has 1 unspecified atom stereocenters. The molecule has 0 aliphatic carbocycles. The fourth-order valence-corrected chi connectivity index (χ4v) is 1.20. The molecular weight excluding hydrogens is 172 g/mol. The fraction of sp³-hybridized carbons (Fsp3) is 0.500. The average molecular weight is 184 g/mol. The summed E-state index contributed by atoms with van der Waals surface area (Å²) in [7, 11) is 0. The summed E-state index contributed by atoms with van der Waals surface area (Å²) in [5, 5.41) is 11.0. The van der Waals surface area contributed by atoms with Crippen LogP contribution in [-0.4, -0.2) is 22.5 Å². The van der Waals surface area contributed by atoms with Crippen LogP contribution in [0.4, 0.5) is 0 Å². The number of rotatable bonds is 2. The van der Waals surface area contributed by atoms with Gasteiger partial charge in [-0.25, -0.2) is 0 Å². The van der Waals surface area contributed by atoms with Gasteiger partial charge in [-0.15, -0.1) is 0 Å². The van der Waals surface area contributed by atoms with Crippen molar-refractivity contribution < 1.29 is 14.7 Å². The number of carboxylic acids is 1. The molecule has 0 aromatic rings. The lowest BCUT2D eigenvalue weighted by Gasteiger charge is -2.29. The molecule has 72 valence electrons. The molecule has 0 aromatic carbocycles. The van der Waals surface area contributed by atoms with Crippen LogP contribution in [0.25, 0.3) is 0 Å². The Morgan fingerprint density at radius 3 is 2.92 bits per heavy atom. The van der Waals surface area contributed by atoms with Crippen LogP contribution in [0.2, 0.25) is 0 Å². The Labute approximate surface area is 75.6 Å². The first kappa shape index (κ1) is 9.73. The summed E-state index contributed by atoms with van der Waals surface area (Å²) >= 11 is 0.